The molecular weight excluding hydrogens is 240 g/mol. The summed E-state index contributed by atoms with van der Waals surface area (Å²) in [6.45, 7) is -0.172. The Bertz CT molecular complexity index is 352. The second-order valence-corrected chi connectivity index (χ2v) is 5.13. The number of aliphatic hydroxyl groups is 3. The van der Waals surface area contributed by atoms with Crippen molar-refractivity contribution in [3.05, 3.63) is 24.5 Å². The molecule has 6 heteroatoms. The quantitative estimate of drug-likeness (QED) is 0.529. The summed E-state index contributed by atoms with van der Waals surface area (Å²) in [4.78, 5) is 4.99. The molecule has 0 aromatic carbocycles. The molecule has 4 unspecified atom stereocenters. The molecule has 0 aliphatic carbocycles. The van der Waals surface area contributed by atoms with Gasteiger partial charge in [-0.3, -0.25) is 4.98 Å². The molecule has 2 rings (SSSR count). The Balaban J connectivity index is 1.88. The van der Waals surface area contributed by atoms with Crippen molar-refractivity contribution in [2.24, 2.45) is 0 Å². The van der Waals surface area contributed by atoms with E-state index in [0.717, 1.165) is 4.90 Å². The maximum Gasteiger partial charge on any atom is 0.0989 e. The van der Waals surface area contributed by atoms with Crippen molar-refractivity contribution < 1.29 is 15.3 Å². The van der Waals surface area contributed by atoms with Crippen LogP contribution >= 0.6 is 11.8 Å². The van der Waals surface area contributed by atoms with Crippen LogP contribution in [0.25, 0.3) is 0 Å². The molecule has 1 aromatic rings. The number of pyridine rings is 1. The summed E-state index contributed by atoms with van der Waals surface area (Å²) in [5.74, 6) is 0.638. The van der Waals surface area contributed by atoms with E-state index in [1.54, 1.807) is 24.2 Å². The average molecular weight is 256 g/mol. The van der Waals surface area contributed by atoms with Crippen molar-refractivity contribution in [2.45, 2.75) is 29.2 Å². The first-order valence-corrected chi connectivity index (χ1v) is 6.47. The molecule has 4 atom stereocenters. The summed E-state index contributed by atoms with van der Waals surface area (Å²) in [7, 11) is 0. The topological polar surface area (TPSA) is 85.6 Å². The second-order valence-electron chi connectivity index (χ2n) is 4.04. The minimum absolute atomic E-state index is 0.172. The molecule has 0 radical (unpaired) electrons. The van der Waals surface area contributed by atoms with Gasteiger partial charge in [-0.15, -0.1) is 11.8 Å². The summed E-state index contributed by atoms with van der Waals surface area (Å²) in [6, 6.07) is 3.14. The molecule has 1 saturated heterocycles. The van der Waals surface area contributed by atoms with E-state index in [2.05, 4.69) is 10.3 Å². The molecule has 5 nitrogen and oxygen atoms in total. The van der Waals surface area contributed by atoms with E-state index in [9.17, 15) is 10.2 Å². The summed E-state index contributed by atoms with van der Waals surface area (Å²) in [5, 5.41) is 31.5. The molecule has 0 bridgehead atoms. The van der Waals surface area contributed by atoms with Crippen molar-refractivity contribution in [3.8, 4) is 0 Å². The molecule has 2 heterocycles. The van der Waals surface area contributed by atoms with E-state index < -0.39 is 18.2 Å². The van der Waals surface area contributed by atoms with Crippen molar-refractivity contribution in [1.29, 1.82) is 0 Å². The fraction of sp³-hybridized carbons (Fsp3) is 0.545. The second kappa shape index (κ2) is 5.79. The summed E-state index contributed by atoms with van der Waals surface area (Å²) < 4.78 is 0. The van der Waals surface area contributed by atoms with Crippen LogP contribution in [0.3, 0.4) is 0 Å². The third-order valence-electron chi connectivity index (χ3n) is 2.88. The molecule has 0 amide bonds. The Kier molecular flexibility index (Phi) is 4.36. The van der Waals surface area contributed by atoms with Gasteiger partial charge in [0.05, 0.1) is 24.9 Å². The van der Waals surface area contributed by atoms with E-state index in [0.29, 0.717) is 5.75 Å². The zero-order valence-corrected chi connectivity index (χ0v) is 10.0. The first kappa shape index (κ1) is 12.8. The summed E-state index contributed by atoms with van der Waals surface area (Å²) in [5.41, 5.74) is 0. The van der Waals surface area contributed by atoms with E-state index in [1.807, 2.05) is 12.1 Å². The van der Waals surface area contributed by atoms with E-state index in [4.69, 9.17) is 5.11 Å². The fourth-order valence-corrected chi connectivity index (χ4v) is 2.86. The fourth-order valence-electron chi connectivity index (χ4n) is 1.88. The van der Waals surface area contributed by atoms with Crippen LogP contribution in [0.15, 0.2) is 29.4 Å². The van der Waals surface area contributed by atoms with Crippen LogP contribution in [0.5, 0.6) is 0 Å². The number of hydrogen-bond acceptors (Lipinski definition) is 6. The van der Waals surface area contributed by atoms with E-state index in [-0.39, 0.29) is 12.6 Å². The molecule has 17 heavy (non-hydrogen) atoms. The lowest BCUT2D eigenvalue weighted by atomic mass is 10.1. The number of aliphatic hydroxyl groups excluding tert-OH is 3. The van der Waals surface area contributed by atoms with Crippen molar-refractivity contribution in [1.82, 2.24) is 10.3 Å². The van der Waals surface area contributed by atoms with Crippen LogP contribution in [-0.4, -0.2) is 57.0 Å². The first-order chi connectivity index (χ1) is 8.22. The van der Waals surface area contributed by atoms with Crippen LogP contribution in [0.1, 0.15) is 0 Å². The monoisotopic (exact) mass is 256 g/mol. The molecule has 0 saturated carbocycles. The van der Waals surface area contributed by atoms with E-state index in [1.165, 1.54) is 0 Å². The predicted octanol–water partition coefficient (Wildman–Crippen LogP) is -0.772. The van der Waals surface area contributed by atoms with Gasteiger partial charge in [-0.05, 0) is 12.1 Å². The predicted molar refractivity (Wildman–Crippen MR) is 64.8 cm³/mol. The Morgan fingerprint density at radius 1 is 1.18 bits per heavy atom. The Morgan fingerprint density at radius 2 is 1.82 bits per heavy atom. The third kappa shape index (κ3) is 2.97. The highest BCUT2D eigenvalue weighted by atomic mass is 32.2. The van der Waals surface area contributed by atoms with E-state index >= 15 is 0 Å². The van der Waals surface area contributed by atoms with Crippen LogP contribution < -0.4 is 5.32 Å². The molecule has 1 fully saturated rings. The highest BCUT2D eigenvalue weighted by Crippen LogP contribution is 2.22. The van der Waals surface area contributed by atoms with Crippen molar-refractivity contribution >= 4 is 11.8 Å². The molecule has 0 spiro atoms. The molecule has 94 valence electrons. The highest BCUT2D eigenvalue weighted by molar-refractivity contribution is 7.99. The lowest BCUT2D eigenvalue weighted by molar-refractivity contribution is 0.0219. The van der Waals surface area contributed by atoms with Crippen LogP contribution in [-0.2, 0) is 0 Å². The Labute approximate surface area is 104 Å². The van der Waals surface area contributed by atoms with Gasteiger partial charge in [0, 0.05) is 29.1 Å². The zero-order valence-electron chi connectivity index (χ0n) is 9.23. The smallest absolute Gasteiger partial charge is 0.0989 e. The molecule has 1 aromatic heterocycles. The number of aromatic nitrogens is 1. The van der Waals surface area contributed by atoms with Gasteiger partial charge in [0.1, 0.15) is 0 Å². The van der Waals surface area contributed by atoms with Gasteiger partial charge < -0.3 is 20.6 Å². The summed E-state index contributed by atoms with van der Waals surface area (Å²) in [6.07, 6.45) is 1.70. The summed E-state index contributed by atoms with van der Waals surface area (Å²) >= 11 is 1.58. The lowest BCUT2D eigenvalue weighted by Crippen LogP contribution is -2.37. The van der Waals surface area contributed by atoms with Gasteiger partial charge in [-0.1, -0.05) is 0 Å². The van der Waals surface area contributed by atoms with Crippen LogP contribution in [0, 0.1) is 0 Å². The normalized spacial score (nSPS) is 32.9. The first-order valence-electron chi connectivity index (χ1n) is 5.48. The zero-order chi connectivity index (χ0) is 12.3. The molecule has 1 aliphatic rings. The van der Waals surface area contributed by atoms with Gasteiger partial charge in [0.2, 0.25) is 0 Å². The maximum absolute atomic E-state index is 9.79. The van der Waals surface area contributed by atoms with Gasteiger partial charge in [0.25, 0.3) is 0 Å². The molecular formula is C11H16N2O3S. The van der Waals surface area contributed by atoms with Gasteiger partial charge >= 0.3 is 0 Å². The highest BCUT2D eigenvalue weighted by Gasteiger charge is 2.40. The van der Waals surface area contributed by atoms with Crippen molar-refractivity contribution in [2.75, 3.05) is 12.4 Å². The third-order valence-corrected chi connectivity index (χ3v) is 4.01. The van der Waals surface area contributed by atoms with Crippen molar-refractivity contribution in [3.63, 3.8) is 0 Å². The minimum Gasteiger partial charge on any atom is -0.395 e. The number of thioether (sulfide) groups is 1. The standard InChI is InChI=1S/C11H16N2O3S/c14-5-8-10(15)11(16)9(13-8)6-17-7-1-3-12-4-2-7/h1-4,8-11,13-16H,5-6H2. The van der Waals surface area contributed by atoms with Gasteiger partial charge in [0.15, 0.2) is 0 Å². The van der Waals surface area contributed by atoms with Crippen LogP contribution in [0.4, 0.5) is 0 Å². The maximum atomic E-state index is 9.79. The number of nitrogens with one attached hydrogen (secondary N) is 1. The average Bonchev–Trinajstić information content (AvgIpc) is 2.65. The minimum atomic E-state index is -0.900. The lowest BCUT2D eigenvalue weighted by Gasteiger charge is -2.15. The Morgan fingerprint density at radius 3 is 2.41 bits per heavy atom. The SMILES string of the molecule is OCC1NC(CSc2ccncc2)C(O)C1O. The number of nitrogens with zero attached hydrogens (tertiary/aromatic N) is 1. The van der Waals surface area contributed by atoms with Crippen LogP contribution in [0.2, 0.25) is 0 Å². The largest absolute Gasteiger partial charge is 0.395 e. The van der Waals surface area contributed by atoms with Gasteiger partial charge in [-0.2, -0.15) is 0 Å². The molecule has 4 N–H and O–H groups in total. The number of rotatable bonds is 4. The molecule has 1 aliphatic heterocycles. The van der Waals surface area contributed by atoms with Gasteiger partial charge in [-0.25, -0.2) is 0 Å². The number of hydrogen-bond donors (Lipinski definition) is 4. The Hall–Kier alpha value is -0.660.